The molecule has 2 heterocycles. The minimum atomic E-state index is -0.339. The summed E-state index contributed by atoms with van der Waals surface area (Å²) in [6.07, 6.45) is 1.67. The van der Waals surface area contributed by atoms with Gasteiger partial charge in [0.15, 0.2) is 11.4 Å². The Labute approximate surface area is 208 Å². The maximum Gasteiger partial charge on any atom is 0.278 e. The number of anilines is 1. The van der Waals surface area contributed by atoms with Crippen molar-refractivity contribution >= 4 is 23.2 Å². The molecule has 5 rings (SSSR count). The summed E-state index contributed by atoms with van der Waals surface area (Å²) in [4.78, 5) is 17.5. The summed E-state index contributed by atoms with van der Waals surface area (Å²) >= 11 is 6.35. The molecule has 1 aliphatic heterocycles. The third kappa shape index (κ3) is 5.15. The number of hydrogen-bond donors (Lipinski definition) is 0. The number of carbonyl (C=O) groups is 1. The molecule has 0 atom stereocenters. The molecule has 1 aromatic heterocycles. The second-order valence-corrected chi connectivity index (χ2v) is 8.68. The van der Waals surface area contributed by atoms with Gasteiger partial charge in [-0.15, -0.1) is 0 Å². The fourth-order valence-corrected chi connectivity index (χ4v) is 4.34. The number of ether oxygens (including phenoxy) is 1. The number of carbonyl (C=O) groups excluding carboxylic acids is 1. The van der Waals surface area contributed by atoms with Crippen LogP contribution in [0.5, 0.6) is 5.75 Å². The highest BCUT2D eigenvalue weighted by molar-refractivity contribution is 6.33. The average Bonchev–Trinajstić information content (AvgIpc) is 3.33. The molecular formula is C27H24ClFN4O2. The van der Waals surface area contributed by atoms with Gasteiger partial charge in [0.05, 0.1) is 22.6 Å². The highest BCUT2D eigenvalue weighted by Crippen LogP contribution is 2.27. The number of para-hydroxylation sites is 1. The first kappa shape index (κ1) is 22.9. The van der Waals surface area contributed by atoms with E-state index < -0.39 is 0 Å². The molecule has 0 aliphatic carbocycles. The second-order valence-electron chi connectivity index (χ2n) is 8.27. The zero-order valence-electron chi connectivity index (χ0n) is 19.0. The first-order valence-electron chi connectivity index (χ1n) is 11.4. The summed E-state index contributed by atoms with van der Waals surface area (Å²) in [5.41, 5.74) is 2.82. The van der Waals surface area contributed by atoms with E-state index >= 15 is 0 Å². The van der Waals surface area contributed by atoms with Crippen molar-refractivity contribution in [3.8, 4) is 11.4 Å². The second kappa shape index (κ2) is 10.2. The van der Waals surface area contributed by atoms with Gasteiger partial charge in [0.25, 0.3) is 5.91 Å². The van der Waals surface area contributed by atoms with Gasteiger partial charge in [0.2, 0.25) is 0 Å². The van der Waals surface area contributed by atoms with E-state index in [4.69, 9.17) is 16.3 Å². The Morgan fingerprint density at radius 1 is 0.914 bits per heavy atom. The smallest absolute Gasteiger partial charge is 0.278 e. The van der Waals surface area contributed by atoms with Crippen LogP contribution in [0.2, 0.25) is 5.02 Å². The highest BCUT2D eigenvalue weighted by atomic mass is 35.5. The Morgan fingerprint density at radius 3 is 2.31 bits per heavy atom. The van der Waals surface area contributed by atoms with Crippen molar-refractivity contribution in [2.45, 2.75) is 6.61 Å². The number of piperazine rings is 1. The number of benzene rings is 3. The van der Waals surface area contributed by atoms with Crippen molar-refractivity contribution in [3.63, 3.8) is 0 Å². The molecule has 0 radical (unpaired) electrons. The molecule has 1 amide bonds. The summed E-state index contributed by atoms with van der Waals surface area (Å²) in [7, 11) is 0. The lowest BCUT2D eigenvalue weighted by Crippen LogP contribution is -2.49. The predicted molar refractivity (Wildman–Crippen MR) is 134 cm³/mol. The maximum atomic E-state index is 13.5. The molecule has 8 heteroatoms. The Bertz CT molecular complexity index is 1300. The topological polar surface area (TPSA) is 50.6 Å². The van der Waals surface area contributed by atoms with Gasteiger partial charge in [-0.2, -0.15) is 5.10 Å². The minimum absolute atomic E-state index is 0.201. The van der Waals surface area contributed by atoms with Gasteiger partial charge in [0, 0.05) is 26.2 Å². The van der Waals surface area contributed by atoms with Crippen molar-refractivity contribution in [1.29, 1.82) is 0 Å². The van der Waals surface area contributed by atoms with Crippen LogP contribution in [0, 0.1) is 5.82 Å². The van der Waals surface area contributed by atoms with Crippen LogP contribution < -0.4 is 9.64 Å². The quantitative estimate of drug-likeness (QED) is 0.372. The fraction of sp³-hybridized carbons (Fsp3) is 0.185. The van der Waals surface area contributed by atoms with Crippen LogP contribution in [0.4, 0.5) is 10.1 Å². The number of nitrogens with zero attached hydrogens (tertiary/aromatic N) is 4. The number of halogens is 2. The first-order chi connectivity index (χ1) is 17.1. The standard InChI is InChI=1S/C27H24ClFN4O2/c28-23-8-4-5-9-24(23)31-14-16-32(17-15-31)27(34)26-25(35-19-20-6-2-1-3-7-20)18-33(30-26)22-12-10-21(29)11-13-22/h1-13,18H,14-17,19H2. The third-order valence-corrected chi connectivity index (χ3v) is 6.29. The Balaban J connectivity index is 1.36. The van der Waals surface area contributed by atoms with Gasteiger partial charge in [-0.1, -0.05) is 54.1 Å². The largest absolute Gasteiger partial charge is 0.485 e. The summed E-state index contributed by atoms with van der Waals surface area (Å²) in [6.45, 7) is 2.69. The highest BCUT2D eigenvalue weighted by Gasteiger charge is 2.28. The fourth-order valence-electron chi connectivity index (χ4n) is 4.08. The zero-order valence-corrected chi connectivity index (χ0v) is 19.7. The molecule has 35 heavy (non-hydrogen) atoms. The Kier molecular flexibility index (Phi) is 6.68. The molecule has 0 unspecified atom stereocenters. The van der Waals surface area contributed by atoms with Crippen molar-refractivity contribution in [3.05, 3.63) is 107 Å². The molecule has 0 N–H and O–H groups in total. The van der Waals surface area contributed by atoms with Crippen LogP contribution in [-0.4, -0.2) is 46.8 Å². The van der Waals surface area contributed by atoms with Gasteiger partial charge in [-0.05, 0) is 42.0 Å². The molecule has 178 valence electrons. The number of rotatable bonds is 6. The summed E-state index contributed by atoms with van der Waals surface area (Å²) in [5.74, 6) is -0.154. The monoisotopic (exact) mass is 490 g/mol. The van der Waals surface area contributed by atoms with Crippen molar-refractivity contribution in [2.24, 2.45) is 0 Å². The predicted octanol–water partition coefficient (Wildman–Crippen LogP) is 5.21. The van der Waals surface area contributed by atoms with E-state index in [0.29, 0.717) is 49.2 Å². The average molecular weight is 491 g/mol. The molecule has 1 saturated heterocycles. The van der Waals surface area contributed by atoms with Crippen LogP contribution in [0.25, 0.3) is 5.69 Å². The Hall–Kier alpha value is -3.84. The Morgan fingerprint density at radius 2 is 1.60 bits per heavy atom. The van der Waals surface area contributed by atoms with Gasteiger partial charge >= 0.3 is 0 Å². The maximum absolute atomic E-state index is 13.5. The zero-order chi connectivity index (χ0) is 24.2. The van der Waals surface area contributed by atoms with Crippen molar-refractivity contribution < 1.29 is 13.9 Å². The molecule has 0 spiro atoms. The van der Waals surface area contributed by atoms with Crippen LogP contribution in [0.1, 0.15) is 16.1 Å². The van der Waals surface area contributed by atoms with Crippen LogP contribution >= 0.6 is 11.6 Å². The number of amides is 1. The van der Waals surface area contributed by atoms with Crippen LogP contribution in [0.3, 0.4) is 0 Å². The molecule has 1 aliphatic rings. The molecule has 4 aromatic rings. The summed E-state index contributed by atoms with van der Waals surface area (Å²) < 4.78 is 21.0. The molecule has 3 aromatic carbocycles. The lowest BCUT2D eigenvalue weighted by Gasteiger charge is -2.36. The van der Waals surface area contributed by atoms with Gasteiger partial charge in [-0.3, -0.25) is 4.79 Å². The molecule has 6 nitrogen and oxygen atoms in total. The number of hydrogen-bond acceptors (Lipinski definition) is 4. The number of aromatic nitrogens is 2. The van der Waals surface area contributed by atoms with E-state index in [9.17, 15) is 9.18 Å². The third-order valence-electron chi connectivity index (χ3n) is 5.97. The molecule has 0 bridgehead atoms. The molecule has 0 saturated carbocycles. The summed E-state index contributed by atoms with van der Waals surface area (Å²) in [5, 5.41) is 5.23. The van der Waals surface area contributed by atoms with E-state index in [1.165, 1.54) is 12.1 Å². The van der Waals surface area contributed by atoms with Crippen molar-refractivity contribution in [1.82, 2.24) is 14.7 Å². The van der Waals surface area contributed by atoms with E-state index in [0.717, 1.165) is 11.3 Å². The van der Waals surface area contributed by atoms with E-state index in [1.54, 1.807) is 27.9 Å². The van der Waals surface area contributed by atoms with Crippen LogP contribution in [0.15, 0.2) is 85.1 Å². The first-order valence-corrected chi connectivity index (χ1v) is 11.8. The van der Waals surface area contributed by atoms with Crippen LogP contribution in [-0.2, 0) is 6.61 Å². The van der Waals surface area contributed by atoms with Crippen molar-refractivity contribution in [2.75, 3.05) is 31.1 Å². The molecular weight excluding hydrogens is 467 g/mol. The van der Waals surface area contributed by atoms with E-state index in [2.05, 4.69) is 10.00 Å². The molecule has 1 fully saturated rings. The van der Waals surface area contributed by atoms with E-state index in [-0.39, 0.29) is 17.4 Å². The summed E-state index contributed by atoms with van der Waals surface area (Å²) in [6, 6.07) is 23.4. The lowest BCUT2D eigenvalue weighted by atomic mass is 10.2. The SMILES string of the molecule is O=C(c1nn(-c2ccc(F)cc2)cc1OCc1ccccc1)N1CCN(c2ccccc2Cl)CC1. The van der Waals surface area contributed by atoms with Gasteiger partial charge < -0.3 is 14.5 Å². The van der Waals surface area contributed by atoms with E-state index in [1.807, 2.05) is 54.6 Å². The van der Waals surface area contributed by atoms with Gasteiger partial charge in [-0.25, -0.2) is 9.07 Å². The van der Waals surface area contributed by atoms with Gasteiger partial charge in [0.1, 0.15) is 12.4 Å². The normalized spacial score (nSPS) is 13.7. The lowest BCUT2D eigenvalue weighted by molar-refractivity contribution is 0.0735. The minimum Gasteiger partial charge on any atom is -0.485 e.